The highest BCUT2D eigenvalue weighted by atomic mass is 32.1. The predicted octanol–water partition coefficient (Wildman–Crippen LogP) is 2.32. The third kappa shape index (κ3) is 6.81. The van der Waals surface area contributed by atoms with Crippen molar-refractivity contribution in [3.63, 3.8) is 0 Å². The molecule has 1 saturated carbocycles. The van der Waals surface area contributed by atoms with Crippen molar-refractivity contribution in [2.45, 2.75) is 50.7 Å². The summed E-state index contributed by atoms with van der Waals surface area (Å²) in [5.74, 6) is 0.339. The topological polar surface area (TPSA) is 78.4 Å². The number of rotatable bonds is 6. The molecule has 3 N–H and O–H groups in total. The van der Waals surface area contributed by atoms with Gasteiger partial charge in [-0.05, 0) is 12.8 Å². The number of halogens is 3. The zero-order valence-corrected chi connectivity index (χ0v) is 15.5. The van der Waals surface area contributed by atoms with Gasteiger partial charge in [-0.25, -0.2) is 4.98 Å². The summed E-state index contributed by atoms with van der Waals surface area (Å²) in [6.07, 6.45) is 1.49. The fraction of sp³-hybridized carbons (Fsp3) is 0.688. The van der Waals surface area contributed by atoms with Crippen LogP contribution in [-0.2, 0) is 17.4 Å². The van der Waals surface area contributed by atoms with Gasteiger partial charge in [0.15, 0.2) is 11.7 Å². The third-order valence-electron chi connectivity index (χ3n) is 4.08. The molecule has 0 unspecified atom stereocenters. The predicted molar refractivity (Wildman–Crippen MR) is 95.2 cm³/mol. The Hall–Kier alpha value is -1.84. The molecule has 0 spiro atoms. The molecular formula is C16H24F3N5OS. The van der Waals surface area contributed by atoms with Crippen LogP contribution in [-0.4, -0.2) is 43.0 Å². The molecule has 2 rings (SSSR count). The van der Waals surface area contributed by atoms with E-state index >= 15 is 0 Å². The second-order valence-corrected chi connectivity index (χ2v) is 7.07. The number of carbonyl (C=O) groups is 1. The van der Waals surface area contributed by atoms with Crippen LogP contribution in [0.2, 0.25) is 0 Å². The van der Waals surface area contributed by atoms with Crippen LogP contribution in [0.3, 0.4) is 0 Å². The summed E-state index contributed by atoms with van der Waals surface area (Å²) < 4.78 is 37.5. The van der Waals surface area contributed by atoms with E-state index in [1.807, 2.05) is 0 Å². The van der Waals surface area contributed by atoms with Crippen molar-refractivity contribution in [3.05, 3.63) is 16.1 Å². The zero-order valence-electron chi connectivity index (χ0n) is 14.7. The van der Waals surface area contributed by atoms with Crippen LogP contribution in [0, 0.1) is 0 Å². The largest absolute Gasteiger partial charge is 0.434 e. The molecule has 26 heavy (non-hydrogen) atoms. The maximum absolute atomic E-state index is 12.5. The lowest BCUT2D eigenvalue weighted by Crippen LogP contribution is -2.46. The molecular weight excluding hydrogens is 367 g/mol. The van der Waals surface area contributed by atoms with Gasteiger partial charge in [0.1, 0.15) is 0 Å². The molecule has 0 aromatic carbocycles. The van der Waals surface area contributed by atoms with Gasteiger partial charge in [-0.1, -0.05) is 19.3 Å². The monoisotopic (exact) mass is 391 g/mol. The minimum atomic E-state index is -4.41. The molecule has 1 fully saturated rings. The molecule has 0 radical (unpaired) electrons. The lowest BCUT2D eigenvalue weighted by molar-refractivity contribution is -0.140. The van der Waals surface area contributed by atoms with Crippen LogP contribution >= 0.6 is 11.3 Å². The number of aromatic nitrogens is 1. The van der Waals surface area contributed by atoms with Crippen molar-refractivity contribution in [2.24, 2.45) is 4.99 Å². The van der Waals surface area contributed by atoms with E-state index in [4.69, 9.17) is 0 Å². The van der Waals surface area contributed by atoms with Crippen LogP contribution in [0.1, 0.15) is 42.8 Å². The van der Waals surface area contributed by atoms with Crippen molar-refractivity contribution < 1.29 is 18.0 Å². The maximum atomic E-state index is 12.5. The molecule has 10 heteroatoms. The molecule has 1 aromatic rings. The van der Waals surface area contributed by atoms with Gasteiger partial charge in [0.05, 0.1) is 11.6 Å². The number of nitrogens with zero attached hydrogens (tertiary/aromatic N) is 2. The fourth-order valence-electron chi connectivity index (χ4n) is 2.75. The number of thiazole rings is 1. The lowest BCUT2D eigenvalue weighted by Gasteiger charge is -2.23. The number of carbonyl (C=O) groups excluding carboxylic acids is 1. The summed E-state index contributed by atoms with van der Waals surface area (Å²) in [4.78, 5) is 19.5. The summed E-state index contributed by atoms with van der Waals surface area (Å²) in [7, 11) is 1.57. The Labute approximate surface area is 154 Å². The van der Waals surface area contributed by atoms with Gasteiger partial charge in [-0.15, -0.1) is 11.3 Å². The Balaban J connectivity index is 1.67. The van der Waals surface area contributed by atoms with Crippen LogP contribution < -0.4 is 16.0 Å². The first-order chi connectivity index (χ1) is 12.4. The van der Waals surface area contributed by atoms with Gasteiger partial charge < -0.3 is 16.0 Å². The van der Waals surface area contributed by atoms with E-state index in [0.29, 0.717) is 23.9 Å². The molecule has 0 aliphatic heterocycles. The summed E-state index contributed by atoms with van der Waals surface area (Å²) in [5, 5.41) is 10.3. The van der Waals surface area contributed by atoms with Gasteiger partial charge in [-0.3, -0.25) is 9.79 Å². The van der Waals surface area contributed by atoms with Crippen LogP contribution in [0.5, 0.6) is 0 Å². The first-order valence-corrected chi connectivity index (χ1v) is 9.52. The van der Waals surface area contributed by atoms with Crippen LogP contribution in [0.25, 0.3) is 0 Å². The van der Waals surface area contributed by atoms with Gasteiger partial charge >= 0.3 is 6.18 Å². The highest BCUT2D eigenvalue weighted by molar-refractivity contribution is 7.09. The van der Waals surface area contributed by atoms with Gasteiger partial charge in [0.25, 0.3) is 0 Å². The number of alkyl halides is 3. The molecule has 6 nitrogen and oxygen atoms in total. The average Bonchev–Trinajstić information content (AvgIpc) is 3.08. The van der Waals surface area contributed by atoms with Gasteiger partial charge in [0.2, 0.25) is 5.91 Å². The molecule has 0 saturated heterocycles. The van der Waals surface area contributed by atoms with Crippen LogP contribution in [0.4, 0.5) is 13.2 Å². The Bertz CT molecular complexity index is 611. The molecule has 0 bridgehead atoms. The van der Waals surface area contributed by atoms with Crippen molar-refractivity contribution in [3.8, 4) is 0 Å². The van der Waals surface area contributed by atoms with Gasteiger partial charge in [-0.2, -0.15) is 13.2 Å². The quantitative estimate of drug-likeness (QED) is 0.514. The van der Waals surface area contributed by atoms with E-state index in [0.717, 1.165) is 42.4 Å². The van der Waals surface area contributed by atoms with Crippen molar-refractivity contribution in [2.75, 3.05) is 20.1 Å². The second kappa shape index (κ2) is 9.75. The minimum absolute atomic E-state index is 0.0883. The Kier molecular flexibility index (Phi) is 7.67. The standard InChI is InChI=1S/C16H24F3N5OS/c1-20-15(22-9-13(25)23-11-5-3-2-4-6-11)21-8-7-14-24-12(10-26-14)16(17,18)19/h10-11H,2-9H2,1H3,(H,23,25)(H2,20,21,22). The molecule has 1 amide bonds. The highest BCUT2D eigenvalue weighted by Gasteiger charge is 2.33. The smallest absolute Gasteiger partial charge is 0.356 e. The van der Waals surface area contributed by atoms with E-state index in [1.54, 1.807) is 7.05 Å². The Morgan fingerprint density at radius 2 is 2.04 bits per heavy atom. The first-order valence-electron chi connectivity index (χ1n) is 8.64. The summed E-state index contributed by atoms with van der Waals surface area (Å²) in [6, 6.07) is 0.251. The van der Waals surface area contributed by atoms with E-state index in [-0.39, 0.29) is 18.5 Å². The summed E-state index contributed by atoms with van der Waals surface area (Å²) in [5.41, 5.74) is -0.862. The second-order valence-electron chi connectivity index (χ2n) is 6.13. The zero-order chi connectivity index (χ0) is 19.0. The number of aliphatic imine (C=N–C) groups is 1. The molecule has 1 aromatic heterocycles. The molecule has 1 heterocycles. The van der Waals surface area contributed by atoms with E-state index in [9.17, 15) is 18.0 Å². The summed E-state index contributed by atoms with van der Waals surface area (Å²) >= 11 is 0.978. The number of nitrogens with one attached hydrogen (secondary N) is 3. The summed E-state index contributed by atoms with van der Waals surface area (Å²) in [6.45, 7) is 0.473. The van der Waals surface area contributed by atoms with E-state index in [1.165, 1.54) is 6.42 Å². The maximum Gasteiger partial charge on any atom is 0.434 e. The number of guanidine groups is 1. The van der Waals surface area contributed by atoms with Crippen molar-refractivity contribution in [1.82, 2.24) is 20.9 Å². The van der Waals surface area contributed by atoms with Crippen molar-refractivity contribution in [1.29, 1.82) is 0 Å². The highest BCUT2D eigenvalue weighted by Crippen LogP contribution is 2.29. The normalized spacial score (nSPS) is 16.4. The molecule has 146 valence electrons. The van der Waals surface area contributed by atoms with E-state index < -0.39 is 11.9 Å². The first kappa shape index (κ1) is 20.5. The number of hydrogen-bond donors (Lipinski definition) is 3. The van der Waals surface area contributed by atoms with Crippen LogP contribution in [0.15, 0.2) is 10.4 Å². The molecule has 1 aliphatic carbocycles. The van der Waals surface area contributed by atoms with Crippen molar-refractivity contribution >= 4 is 23.2 Å². The van der Waals surface area contributed by atoms with E-state index in [2.05, 4.69) is 25.9 Å². The fourth-order valence-corrected chi connectivity index (χ4v) is 3.56. The number of amides is 1. The SMILES string of the molecule is CN=C(NCCc1nc(C(F)(F)F)cs1)NCC(=O)NC1CCCCC1. The average molecular weight is 391 g/mol. The molecule has 0 atom stereocenters. The lowest BCUT2D eigenvalue weighted by atomic mass is 9.95. The van der Waals surface area contributed by atoms with Gasteiger partial charge in [0, 0.05) is 31.4 Å². The Morgan fingerprint density at radius 1 is 1.31 bits per heavy atom. The number of hydrogen-bond acceptors (Lipinski definition) is 4. The minimum Gasteiger partial charge on any atom is -0.356 e. The Morgan fingerprint density at radius 3 is 2.65 bits per heavy atom. The molecule has 1 aliphatic rings. The third-order valence-corrected chi connectivity index (χ3v) is 4.99.